The van der Waals surface area contributed by atoms with Crippen LogP contribution in [0.3, 0.4) is 0 Å². The highest BCUT2D eigenvalue weighted by atomic mass is 32.2. The quantitative estimate of drug-likeness (QED) is 0.550. The molecule has 1 saturated carbocycles. The molecule has 1 aliphatic carbocycles. The molecule has 0 aromatic carbocycles. The van der Waals surface area contributed by atoms with Crippen LogP contribution in [0.5, 0.6) is 0 Å². The summed E-state index contributed by atoms with van der Waals surface area (Å²) >= 11 is 1.02. The van der Waals surface area contributed by atoms with Crippen LogP contribution in [0.2, 0.25) is 0 Å². The summed E-state index contributed by atoms with van der Waals surface area (Å²) in [7, 11) is -6.97. The summed E-state index contributed by atoms with van der Waals surface area (Å²) < 4.78 is 55.1. The number of hydrogen-bond acceptors (Lipinski definition) is 8. The van der Waals surface area contributed by atoms with Gasteiger partial charge in [0.05, 0.1) is 11.5 Å². The summed E-state index contributed by atoms with van der Waals surface area (Å²) in [4.78, 5) is 26.4. The highest BCUT2D eigenvalue weighted by Crippen LogP contribution is 2.28. The van der Waals surface area contributed by atoms with Crippen molar-refractivity contribution in [1.82, 2.24) is 9.62 Å². The van der Waals surface area contributed by atoms with Crippen LogP contribution in [-0.2, 0) is 34.2 Å². The number of hydrogen-bond donors (Lipinski definition) is 1. The number of sulfone groups is 1. The number of amides is 1. The molecule has 1 aliphatic heterocycles. The fourth-order valence-electron chi connectivity index (χ4n) is 3.97. The first kappa shape index (κ1) is 23.2. The van der Waals surface area contributed by atoms with Gasteiger partial charge in [-0.15, -0.1) is 11.3 Å². The molecule has 1 aromatic heterocycles. The van der Waals surface area contributed by atoms with E-state index < -0.39 is 50.9 Å². The van der Waals surface area contributed by atoms with E-state index in [1.54, 1.807) is 16.3 Å². The van der Waals surface area contributed by atoms with Crippen molar-refractivity contribution in [3.8, 4) is 0 Å². The minimum absolute atomic E-state index is 0.0540. The van der Waals surface area contributed by atoms with Gasteiger partial charge in [0.15, 0.2) is 16.4 Å². The van der Waals surface area contributed by atoms with Crippen molar-refractivity contribution in [1.29, 1.82) is 0 Å². The normalized spacial score (nSPS) is 21.9. The lowest BCUT2D eigenvalue weighted by molar-refractivity contribution is -0.153. The number of thiophene rings is 1. The zero-order valence-corrected chi connectivity index (χ0v) is 18.9. The van der Waals surface area contributed by atoms with Gasteiger partial charge in [-0.2, -0.15) is 4.72 Å². The molecule has 2 aliphatic rings. The van der Waals surface area contributed by atoms with Crippen molar-refractivity contribution in [2.45, 2.75) is 54.8 Å². The van der Waals surface area contributed by atoms with Crippen molar-refractivity contribution in [2.75, 3.05) is 24.7 Å². The van der Waals surface area contributed by atoms with Gasteiger partial charge in [-0.1, -0.05) is 25.3 Å². The lowest BCUT2D eigenvalue weighted by Crippen LogP contribution is -2.50. The Kier molecular flexibility index (Phi) is 7.53. The van der Waals surface area contributed by atoms with Crippen LogP contribution in [0.15, 0.2) is 21.7 Å². The lowest BCUT2D eigenvalue weighted by Gasteiger charge is -2.38. The van der Waals surface area contributed by atoms with Crippen molar-refractivity contribution in [3.05, 3.63) is 17.5 Å². The van der Waals surface area contributed by atoms with Gasteiger partial charge >= 0.3 is 5.97 Å². The third kappa shape index (κ3) is 6.02. The number of rotatable bonds is 8. The predicted molar refractivity (Wildman–Crippen MR) is 111 cm³/mol. The predicted octanol–water partition coefficient (Wildman–Crippen LogP) is 0.918. The highest BCUT2D eigenvalue weighted by Gasteiger charge is 2.38. The van der Waals surface area contributed by atoms with Gasteiger partial charge in [-0.25, -0.2) is 16.8 Å². The minimum atomic E-state index is -3.80. The molecule has 2 heterocycles. The molecule has 0 radical (unpaired) electrons. The maximum Gasteiger partial charge on any atom is 0.321 e. The van der Waals surface area contributed by atoms with Crippen molar-refractivity contribution in [3.63, 3.8) is 0 Å². The second-order valence-electron chi connectivity index (χ2n) is 7.57. The largest absolute Gasteiger partial charge is 0.455 e. The molecule has 1 amide bonds. The number of nitrogens with one attached hydrogen (secondary N) is 1. The van der Waals surface area contributed by atoms with Gasteiger partial charge < -0.3 is 9.64 Å². The molecule has 9 nitrogen and oxygen atoms in total. The Bertz CT molecular complexity index is 952. The Morgan fingerprint density at radius 2 is 1.90 bits per heavy atom. The van der Waals surface area contributed by atoms with Crippen molar-refractivity contribution in [2.24, 2.45) is 0 Å². The Morgan fingerprint density at radius 3 is 2.50 bits per heavy atom. The van der Waals surface area contributed by atoms with E-state index in [2.05, 4.69) is 4.72 Å². The van der Waals surface area contributed by atoms with E-state index in [4.69, 9.17) is 4.74 Å². The van der Waals surface area contributed by atoms with Crippen LogP contribution >= 0.6 is 11.3 Å². The Balaban J connectivity index is 1.56. The molecule has 1 saturated heterocycles. The van der Waals surface area contributed by atoms with Gasteiger partial charge in [0.1, 0.15) is 10.8 Å². The SMILES string of the molecule is O=C(CNS(=O)(=O)c1cccs1)OCC(=O)N(C1CCCCC1)C1CCS(=O)(=O)C1. The van der Waals surface area contributed by atoms with Gasteiger partial charge in [-0.3, -0.25) is 9.59 Å². The summed E-state index contributed by atoms with van der Waals surface area (Å²) in [5.41, 5.74) is 0. The maximum atomic E-state index is 12.8. The number of ether oxygens (including phenoxy) is 1. The summed E-state index contributed by atoms with van der Waals surface area (Å²) in [6.45, 7) is -1.12. The Hall–Kier alpha value is -1.50. The van der Waals surface area contributed by atoms with Gasteiger partial charge in [0.2, 0.25) is 0 Å². The van der Waals surface area contributed by atoms with Crippen LogP contribution in [0.25, 0.3) is 0 Å². The number of nitrogens with zero attached hydrogens (tertiary/aromatic N) is 1. The van der Waals surface area contributed by atoms with Crippen LogP contribution in [-0.4, -0.2) is 70.4 Å². The van der Waals surface area contributed by atoms with Crippen molar-refractivity contribution < 1.29 is 31.2 Å². The van der Waals surface area contributed by atoms with E-state index in [0.717, 1.165) is 43.4 Å². The second kappa shape index (κ2) is 9.75. The third-order valence-corrected chi connectivity index (χ3v) is 9.93. The molecule has 168 valence electrons. The zero-order valence-electron chi connectivity index (χ0n) is 16.5. The standard InChI is InChI=1S/C18H26N2O7S3/c21-16(12-27-17(22)11-19-30(25,26)18-7-4-9-28-18)20(14-5-2-1-3-6-14)15-8-10-29(23,24)13-15/h4,7,9,14-15,19H,1-3,5-6,8,10-13H2. The molecular formula is C18H26N2O7S3. The molecule has 1 N–H and O–H groups in total. The van der Waals surface area contributed by atoms with E-state index in [1.165, 1.54) is 6.07 Å². The van der Waals surface area contributed by atoms with Gasteiger partial charge in [0, 0.05) is 12.1 Å². The van der Waals surface area contributed by atoms with Gasteiger partial charge in [-0.05, 0) is 30.7 Å². The summed E-state index contributed by atoms with van der Waals surface area (Å²) in [5, 5.41) is 1.61. The highest BCUT2D eigenvalue weighted by molar-refractivity contribution is 7.91. The molecule has 2 fully saturated rings. The molecule has 30 heavy (non-hydrogen) atoms. The average Bonchev–Trinajstić information content (AvgIpc) is 3.36. The number of carbonyl (C=O) groups excluding carboxylic acids is 2. The monoisotopic (exact) mass is 478 g/mol. The molecule has 1 aromatic rings. The second-order valence-corrected chi connectivity index (χ2v) is 12.7. The molecule has 12 heteroatoms. The lowest BCUT2D eigenvalue weighted by atomic mass is 9.93. The van der Waals surface area contributed by atoms with E-state index in [1.807, 2.05) is 0 Å². The number of carbonyl (C=O) groups is 2. The van der Waals surface area contributed by atoms with Crippen molar-refractivity contribution >= 4 is 43.1 Å². The van der Waals surface area contributed by atoms with Crippen LogP contribution in [0.4, 0.5) is 0 Å². The fraction of sp³-hybridized carbons (Fsp3) is 0.667. The first-order valence-corrected chi connectivity index (χ1v) is 14.1. The van der Waals surface area contributed by atoms with E-state index in [0.29, 0.717) is 6.42 Å². The zero-order chi connectivity index (χ0) is 21.8. The molecular weight excluding hydrogens is 452 g/mol. The van der Waals surface area contributed by atoms with Gasteiger partial charge in [0.25, 0.3) is 15.9 Å². The molecule has 1 atom stereocenters. The Morgan fingerprint density at radius 1 is 1.17 bits per heavy atom. The summed E-state index contributed by atoms with van der Waals surface area (Å²) in [5.74, 6) is -1.31. The topological polar surface area (TPSA) is 127 Å². The van der Waals surface area contributed by atoms with Crippen LogP contribution in [0, 0.1) is 0 Å². The first-order chi connectivity index (χ1) is 14.2. The molecule has 3 rings (SSSR count). The van der Waals surface area contributed by atoms with Crippen LogP contribution < -0.4 is 4.72 Å². The number of esters is 1. The Labute approximate surface area is 180 Å². The van der Waals surface area contributed by atoms with E-state index in [-0.39, 0.29) is 21.8 Å². The summed E-state index contributed by atoms with van der Waals surface area (Å²) in [6.07, 6.45) is 5.02. The minimum Gasteiger partial charge on any atom is -0.455 e. The fourth-order valence-corrected chi connectivity index (χ4v) is 7.69. The van der Waals surface area contributed by atoms with E-state index in [9.17, 15) is 26.4 Å². The summed E-state index contributed by atoms with van der Waals surface area (Å²) in [6, 6.07) is 2.54. The third-order valence-electron chi connectivity index (χ3n) is 5.38. The van der Waals surface area contributed by atoms with E-state index >= 15 is 0 Å². The molecule has 1 unspecified atom stereocenters. The average molecular weight is 479 g/mol. The first-order valence-electron chi connectivity index (χ1n) is 9.88. The molecule has 0 spiro atoms. The maximum absolute atomic E-state index is 12.8. The number of sulfonamides is 1. The molecule has 0 bridgehead atoms. The smallest absolute Gasteiger partial charge is 0.321 e. The van der Waals surface area contributed by atoms with Crippen LogP contribution in [0.1, 0.15) is 38.5 Å².